The second kappa shape index (κ2) is 6.19. The van der Waals surface area contributed by atoms with Gasteiger partial charge in [-0.25, -0.2) is 9.78 Å². The molecule has 1 saturated heterocycles. The van der Waals surface area contributed by atoms with Gasteiger partial charge in [0.05, 0.1) is 5.56 Å². The van der Waals surface area contributed by atoms with Gasteiger partial charge >= 0.3 is 5.97 Å². The molecule has 1 aliphatic heterocycles. The molecule has 0 spiro atoms. The van der Waals surface area contributed by atoms with E-state index in [0.717, 1.165) is 25.7 Å². The molecule has 1 N–H and O–H groups in total. The second-order valence-corrected chi connectivity index (χ2v) is 4.74. The summed E-state index contributed by atoms with van der Waals surface area (Å²) in [5.41, 5.74) is 0.439. The van der Waals surface area contributed by atoms with Crippen LogP contribution in [0.15, 0.2) is 18.3 Å². The first-order valence-electron chi connectivity index (χ1n) is 6.58. The Hall–Kier alpha value is -2.09. The standard InChI is InChI=1S/C14H17N3O2/c15-10-11-6-5-8-16-13(11)17-9-4-2-1-3-7-12(17)14(18)19/h5-6,8,12H,1-4,7,9H2,(H,18,19). The smallest absolute Gasteiger partial charge is 0.326 e. The summed E-state index contributed by atoms with van der Waals surface area (Å²) in [5, 5.41) is 18.5. The average molecular weight is 259 g/mol. The van der Waals surface area contributed by atoms with Gasteiger partial charge in [0.1, 0.15) is 17.9 Å². The fourth-order valence-electron chi connectivity index (χ4n) is 2.51. The lowest BCUT2D eigenvalue weighted by Crippen LogP contribution is -2.43. The van der Waals surface area contributed by atoms with E-state index in [1.165, 1.54) is 0 Å². The zero-order valence-electron chi connectivity index (χ0n) is 10.7. The van der Waals surface area contributed by atoms with Gasteiger partial charge in [-0.15, -0.1) is 0 Å². The Kier molecular flexibility index (Phi) is 4.35. The van der Waals surface area contributed by atoms with Crippen LogP contribution >= 0.6 is 0 Å². The molecule has 19 heavy (non-hydrogen) atoms. The molecule has 0 radical (unpaired) electrons. The molecular weight excluding hydrogens is 242 g/mol. The van der Waals surface area contributed by atoms with Crippen LogP contribution in [0.2, 0.25) is 0 Å². The first-order valence-corrected chi connectivity index (χ1v) is 6.58. The van der Waals surface area contributed by atoms with Crippen molar-refractivity contribution in [2.45, 2.75) is 38.1 Å². The molecule has 1 atom stereocenters. The third kappa shape index (κ3) is 3.02. The van der Waals surface area contributed by atoms with Crippen LogP contribution in [0, 0.1) is 11.3 Å². The highest BCUT2D eigenvalue weighted by Gasteiger charge is 2.28. The maximum absolute atomic E-state index is 11.5. The number of aromatic nitrogens is 1. The zero-order valence-corrected chi connectivity index (χ0v) is 10.7. The van der Waals surface area contributed by atoms with E-state index >= 15 is 0 Å². The number of hydrogen-bond donors (Lipinski definition) is 1. The topological polar surface area (TPSA) is 77.2 Å². The molecule has 1 unspecified atom stereocenters. The van der Waals surface area contributed by atoms with Gasteiger partial charge in [0, 0.05) is 12.7 Å². The van der Waals surface area contributed by atoms with E-state index in [9.17, 15) is 9.90 Å². The molecule has 1 aromatic rings. The zero-order chi connectivity index (χ0) is 13.7. The molecule has 0 amide bonds. The van der Waals surface area contributed by atoms with Crippen molar-refractivity contribution in [1.29, 1.82) is 5.26 Å². The van der Waals surface area contributed by atoms with E-state index in [1.54, 1.807) is 23.2 Å². The van der Waals surface area contributed by atoms with Crippen molar-refractivity contribution in [3.63, 3.8) is 0 Å². The number of carboxylic acid groups (broad SMARTS) is 1. The summed E-state index contributed by atoms with van der Waals surface area (Å²) < 4.78 is 0. The average Bonchev–Trinajstić information content (AvgIpc) is 2.38. The predicted molar refractivity (Wildman–Crippen MR) is 70.8 cm³/mol. The van der Waals surface area contributed by atoms with Gasteiger partial charge in [0.2, 0.25) is 0 Å². The van der Waals surface area contributed by atoms with Crippen molar-refractivity contribution in [2.24, 2.45) is 0 Å². The molecule has 1 fully saturated rings. The number of pyridine rings is 1. The Labute approximate surface area is 112 Å². The third-order valence-corrected chi connectivity index (χ3v) is 3.47. The van der Waals surface area contributed by atoms with Crippen LogP contribution in [0.25, 0.3) is 0 Å². The summed E-state index contributed by atoms with van der Waals surface area (Å²) >= 11 is 0. The van der Waals surface area contributed by atoms with Gasteiger partial charge < -0.3 is 10.0 Å². The van der Waals surface area contributed by atoms with Gasteiger partial charge in [-0.05, 0) is 25.0 Å². The number of aliphatic carboxylic acids is 1. The minimum absolute atomic E-state index is 0.439. The molecule has 1 aromatic heterocycles. The second-order valence-electron chi connectivity index (χ2n) is 4.74. The van der Waals surface area contributed by atoms with Crippen molar-refractivity contribution in [3.05, 3.63) is 23.9 Å². The maximum atomic E-state index is 11.5. The highest BCUT2D eigenvalue weighted by Crippen LogP contribution is 2.24. The van der Waals surface area contributed by atoms with Crippen LogP contribution in [-0.2, 0) is 4.79 Å². The number of carbonyl (C=O) groups is 1. The lowest BCUT2D eigenvalue weighted by atomic mass is 10.0. The van der Waals surface area contributed by atoms with E-state index in [0.29, 0.717) is 24.3 Å². The Bertz CT molecular complexity index is 496. The van der Waals surface area contributed by atoms with Crippen molar-refractivity contribution in [1.82, 2.24) is 4.98 Å². The summed E-state index contributed by atoms with van der Waals surface area (Å²) in [6.07, 6.45) is 6.22. The quantitative estimate of drug-likeness (QED) is 0.880. The fourth-order valence-corrected chi connectivity index (χ4v) is 2.51. The van der Waals surface area contributed by atoms with Gasteiger partial charge in [-0.1, -0.05) is 19.3 Å². The Morgan fingerprint density at radius 2 is 2.21 bits per heavy atom. The summed E-state index contributed by atoms with van der Waals surface area (Å²) in [6.45, 7) is 0.642. The van der Waals surface area contributed by atoms with Crippen LogP contribution in [-0.4, -0.2) is 28.6 Å². The van der Waals surface area contributed by atoms with Crippen LogP contribution in [0.5, 0.6) is 0 Å². The summed E-state index contributed by atoms with van der Waals surface area (Å²) in [5.74, 6) is -0.337. The molecule has 0 saturated carbocycles. The summed E-state index contributed by atoms with van der Waals surface area (Å²) in [6, 6.07) is 4.89. The molecule has 5 nitrogen and oxygen atoms in total. The van der Waals surface area contributed by atoms with Crippen LogP contribution in [0.1, 0.15) is 37.7 Å². The predicted octanol–water partition coefficient (Wildman–Crippen LogP) is 2.18. The maximum Gasteiger partial charge on any atom is 0.326 e. The molecule has 1 aliphatic rings. The highest BCUT2D eigenvalue weighted by atomic mass is 16.4. The lowest BCUT2D eigenvalue weighted by Gasteiger charge is -2.32. The minimum Gasteiger partial charge on any atom is -0.480 e. The number of hydrogen-bond acceptors (Lipinski definition) is 4. The molecule has 2 heterocycles. The van der Waals surface area contributed by atoms with Crippen LogP contribution in [0.3, 0.4) is 0 Å². The Morgan fingerprint density at radius 1 is 1.42 bits per heavy atom. The summed E-state index contributed by atoms with van der Waals surface area (Å²) in [4.78, 5) is 17.4. The molecule has 100 valence electrons. The van der Waals surface area contributed by atoms with Gasteiger partial charge in [-0.2, -0.15) is 5.26 Å². The van der Waals surface area contributed by atoms with Crippen molar-refractivity contribution in [2.75, 3.05) is 11.4 Å². The van der Waals surface area contributed by atoms with E-state index in [4.69, 9.17) is 5.26 Å². The van der Waals surface area contributed by atoms with Crippen LogP contribution < -0.4 is 4.90 Å². The number of nitrogens with zero attached hydrogens (tertiary/aromatic N) is 3. The normalized spacial score (nSPS) is 20.2. The number of anilines is 1. The van der Waals surface area contributed by atoms with Gasteiger partial charge in [0.15, 0.2) is 0 Å². The van der Waals surface area contributed by atoms with Crippen molar-refractivity contribution >= 4 is 11.8 Å². The van der Waals surface area contributed by atoms with Crippen LogP contribution in [0.4, 0.5) is 5.82 Å². The third-order valence-electron chi connectivity index (χ3n) is 3.47. The number of rotatable bonds is 2. The Morgan fingerprint density at radius 3 is 2.95 bits per heavy atom. The van der Waals surface area contributed by atoms with Crippen molar-refractivity contribution in [3.8, 4) is 6.07 Å². The van der Waals surface area contributed by atoms with E-state index < -0.39 is 12.0 Å². The van der Waals surface area contributed by atoms with Crippen molar-refractivity contribution < 1.29 is 9.90 Å². The summed E-state index contributed by atoms with van der Waals surface area (Å²) in [7, 11) is 0. The lowest BCUT2D eigenvalue weighted by molar-refractivity contribution is -0.138. The first-order chi connectivity index (χ1) is 9.24. The first kappa shape index (κ1) is 13.3. The number of carboxylic acids is 1. The highest BCUT2D eigenvalue weighted by molar-refractivity contribution is 5.78. The molecule has 2 rings (SSSR count). The van der Waals surface area contributed by atoms with E-state index in [2.05, 4.69) is 11.1 Å². The minimum atomic E-state index is -0.837. The van der Waals surface area contributed by atoms with Gasteiger partial charge in [0.25, 0.3) is 0 Å². The number of nitriles is 1. The molecule has 5 heteroatoms. The monoisotopic (exact) mass is 259 g/mol. The SMILES string of the molecule is N#Cc1cccnc1N1CCCCCCC1C(=O)O. The largest absolute Gasteiger partial charge is 0.480 e. The Balaban J connectivity index is 2.36. The molecule has 0 bridgehead atoms. The van der Waals surface area contributed by atoms with Gasteiger partial charge in [-0.3, -0.25) is 0 Å². The molecular formula is C14H17N3O2. The fraction of sp³-hybridized carbons (Fsp3) is 0.500. The van der Waals surface area contributed by atoms with E-state index in [-0.39, 0.29) is 0 Å². The molecule has 0 aliphatic carbocycles. The van der Waals surface area contributed by atoms with E-state index in [1.807, 2.05) is 0 Å². The molecule has 0 aromatic carbocycles.